The smallest absolute Gasteiger partial charge is 0.358 e. The lowest BCUT2D eigenvalue weighted by atomic mass is 9.90. The SMILES string of the molecule is Cc1c(OCCCC2CCN(CCC3CCN(c4ccc5c(C6CCC(=O)NC6=O)nn(C)c5c4)CC3)CC2)cccc1-c1ccc(N2CCc3cccc(C(=O)Nc4nc5ccccc5s4)c3C2)nc1C(=O)OC(C)(C)C.Cc1c(OCCCC2CCNCC2)cccc1-c1ccc(N2CCc3cccc(C(=O)Nc4nc5ccccc5s4)c3C2)nc1C(=O)OC(C)(C)C. The van der Waals surface area contributed by atoms with Crippen molar-refractivity contribution in [2.24, 2.45) is 24.8 Å². The van der Waals surface area contributed by atoms with Gasteiger partial charge in [-0.15, -0.1) is 0 Å². The molecule has 130 heavy (non-hydrogen) atoms. The van der Waals surface area contributed by atoms with Gasteiger partial charge in [-0.05, 0) is 331 Å². The second-order valence-electron chi connectivity index (χ2n) is 37.5. The highest BCUT2D eigenvalue weighted by Crippen LogP contribution is 2.42. The molecule has 18 rings (SSSR count). The predicted octanol–water partition coefficient (Wildman–Crippen LogP) is 19.6. The summed E-state index contributed by atoms with van der Waals surface area (Å²) in [6, 6.07) is 53.8. The molecule has 26 heteroatoms. The fraction of sp³-hybridized carbons (Fsp3) is 0.413. The van der Waals surface area contributed by atoms with E-state index in [4.69, 9.17) is 34.0 Å². The van der Waals surface area contributed by atoms with E-state index in [-0.39, 0.29) is 35.0 Å². The molecule has 4 fully saturated rings. The number of amides is 4. The number of nitrogens with zero attached hydrogens (tertiary/aromatic N) is 10. The second-order valence-corrected chi connectivity index (χ2v) is 39.6. The van der Waals surface area contributed by atoms with Gasteiger partial charge in [-0.3, -0.25) is 39.8 Å². The largest absolute Gasteiger partial charge is 0.493 e. The Labute approximate surface area is 768 Å². The fourth-order valence-corrected chi connectivity index (χ4v) is 21.0. The first-order valence-electron chi connectivity index (χ1n) is 46.3. The average molecular weight is 1790 g/mol. The maximum absolute atomic E-state index is 14.1. The van der Waals surface area contributed by atoms with E-state index in [1.807, 2.05) is 201 Å². The molecule has 4 saturated heterocycles. The molecule has 676 valence electrons. The number of hydrogen-bond donors (Lipinski definition) is 4. The first-order chi connectivity index (χ1) is 62.8. The number of aromatic nitrogens is 6. The minimum Gasteiger partial charge on any atom is -0.493 e. The van der Waals surface area contributed by atoms with Gasteiger partial charge in [-0.25, -0.2) is 29.5 Å². The Bertz CT molecular complexity index is 6120. The monoisotopic (exact) mass is 1790 g/mol. The maximum Gasteiger partial charge on any atom is 0.358 e. The summed E-state index contributed by atoms with van der Waals surface area (Å²) < 4.78 is 28.6. The van der Waals surface area contributed by atoms with Gasteiger partial charge in [0.05, 0.1) is 50.8 Å². The number of imide groups is 1. The number of anilines is 5. The molecule has 24 nitrogen and oxygen atoms in total. The summed E-state index contributed by atoms with van der Waals surface area (Å²) in [6.45, 7) is 26.6. The summed E-state index contributed by atoms with van der Waals surface area (Å²) in [4.78, 5) is 108. The van der Waals surface area contributed by atoms with Gasteiger partial charge in [0.2, 0.25) is 11.8 Å². The second kappa shape index (κ2) is 39.8. The minimum atomic E-state index is -0.728. The van der Waals surface area contributed by atoms with Crippen LogP contribution in [0.4, 0.5) is 27.6 Å². The Kier molecular flexibility index (Phi) is 27.5. The third kappa shape index (κ3) is 21.2. The lowest BCUT2D eigenvalue weighted by Crippen LogP contribution is -2.39. The van der Waals surface area contributed by atoms with Crippen LogP contribution in [-0.4, -0.2) is 154 Å². The molecule has 0 saturated carbocycles. The molecule has 4 N–H and O–H groups in total. The number of nitrogens with one attached hydrogen (secondary N) is 4. The van der Waals surface area contributed by atoms with Crippen LogP contribution in [0.3, 0.4) is 0 Å². The summed E-state index contributed by atoms with van der Waals surface area (Å²) in [7, 11) is 1.93. The predicted molar refractivity (Wildman–Crippen MR) is 516 cm³/mol. The Balaban J connectivity index is 0.000000198. The number of carbonyl (C=O) groups excluding carboxylic acids is 6. The molecular weight excluding hydrogens is 1670 g/mol. The van der Waals surface area contributed by atoms with Gasteiger partial charge in [0.15, 0.2) is 21.7 Å². The van der Waals surface area contributed by atoms with Crippen LogP contribution in [0.5, 0.6) is 11.5 Å². The van der Waals surface area contributed by atoms with E-state index in [2.05, 4.69) is 81.2 Å². The molecule has 0 bridgehead atoms. The lowest BCUT2D eigenvalue weighted by Gasteiger charge is -2.36. The number of piperidine rings is 4. The Morgan fingerprint density at radius 1 is 0.500 bits per heavy atom. The average Bonchev–Trinajstić information content (AvgIpc) is 1.40. The van der Waals surface area contributed by atoms with Gasteiger partial charge in [0.25, 0.3) is 11.8 Å². The maximum atomic E-state index is 14.1. The number of thiazole rings is 2. The number of para-hydroxylation sites is 2. The number of fused-ring (bicyclic) bond motifs is 5. The molecule has 1 unspecified atom stereocenters. The zero-order valence-corrected chi connectivity index (χ0v) is 77.7. The van der Waals surface area contributed by atoms with Crippen molar-refractivity contribution in [2.45, 2.75) is 182 Å². The summed E-state index contributed by atoms with van der Waals surface area (Å²) >= 11 is 2.91. The molecule has 4 amide bonds. The van der Waals surface area contributed by atoms with E-state index in [0.717, 1.165) is 183 Å². The van der Waals surface area contributed by atoms with Crippen molar-refractivity contribution < 1.29 is 47.7 Å². The number of aryl methyl sites for hydroxylation is 1. The molecule has 5 aromatic heterocycles. The number of ether oxygens (including phenoxy) is 4. The highest BCUT2D eigenvalue weighted by atomic mass is 32.1. The van der Waals surface area contributed by atoms with Crippen molar-refractivity contribution in [2.75, 3.05) is 97.4 Å². The number of pyridine rings is 2. The lowest BCUT2D eigenvalue weighted by molar-refractivity contribution is -0.134. The highest BCUT2D eigenvalue weighted by Gasteiger charge is 2.36. The number of rotatable bonds is 25. The number of likely N-dealkylation sites (tertiary alicyclic amines) is 1. The molecule has 1 atom stereocenters. The van der Waals surface area contributed by atoms with E-state index in [0.29, 0.717) is 102 Å². The van der Waals surface area contributed by atoms with Crippen LogP contribution in [0, 0.1) is 31.6 Å². The molecule has 6 aliphatic heterocycles. The zero-order valence-electron chi connectivity index (χ0n) is 76.1. The Morgan fingerprint density at radius 2 is 0.992 bits per heavy atom. The molecule has 6 aliphatic rings. The summed E-state index contributed by atoms with van der Waals surface area (Å²) in [5.41, 5.74) is 14.1. The number of hydrogen-bond acceptors (Lipinski definition) is 22. The van der Waals surface area contributed by atoms with E-state index < -0.39 is 29.1 Å². The quantitative estimate of drug-likeness (QED) is 0.0235. The molecule has 12 aromatic rings. The summed E-state index contributed by atoms with van der Waals surface area (Å²) in [5.74, 6) is 2.86. The van der Waals surface area contributed by atoms with Gasteiger partial charge in [0, 0.05) is 86.1 Å². The van der Waals surface area contributed by atoms with Crippen LogP contribution >= 0.6 is 22.7 Å². The normalized spacial score (nSPS) is 16.7. The molecule has 0 aliphatic carbocycles. The van der Waals surface area contributed by atoms with Crippen molar-refractivity contribution in [3.63, 3.8) is 0 Å². The minimum absolute atomic E-state index is 0.195. The van der Waals surface area contributed by atoms with Crippen LogP contribution in [-0.2, 0) is 52.0 Å². The van der Waals surface area contributed by atoms with Gasteiger partial charge in [-0.2, -0.15) is 5.10 Å². The van der Waals surface area contributed by atoms with Crippen molar-refractivity contribution >= 4 is 117 Å². The Hall–Kier alpha value is -12.0. The molecule has 0 spiro atoms. The van der Waals surface area contributed by atoms with Crippen LogP contribution < -0.4 is 45.4 Å². The van der Waals surface area contributed by atoms with Gasteiger partial charge >= 0.3 is 11.9 Å². The summed E-state index contributed by atoms with van der Waals surface area (Å²) in [5, 5.41) is 18.8. The van der Waals surface area contributed by atoms with Crippen LogP contribution in [0.15, 0.2) is 164 Å². The zero-order chi connectivity index (χ0) is 90.3. The van der Waals surface area contributed by atoms with E-state index >= 15 is 0 Å². The first kappa shape index (κ1) is 90.0. The number of benzene rings is 7. The van der Waals surface area contributed by atoms with Crippen molar-refractivity contribution in [3.05, 3.63) is 225 Å². The van der Waals surface area contributed by atoms with Gasteiger partial charge in [0.1, 0.15) is 34.3 Å². The van der Waals surface area contributed by atoms with Gasteiger partial charge in [-0.1, -0.05) is 95.5 Å². The highest BCUT2D eigenvalue weighted by molar-refractivity contribution is 7.22. The van der Waals surface area contributed by atoms with Gasteiger partial charge < -0.3 is 43.9 Å². The molecule has 11 heterocycles. The third-order valence-corrected chi connectivity index (χ3v) is 28.2. The number of esters is 2. The van der Waals surface area contributed by atoms with Crippen LogP contribution in [0.2, 0.25) is 0 Å². The van der Waals surface area contributed by atoms with Crippen molar-refractivity contribution in [1.29, 1.82) is 0 Å². The molecule has 0 radical (unpaired) electrons. The first-order valence-corrected chi connectivity index (χ1v) is 48.0. The summed E-state index contributed by atoms with van der Waals surface area (Å²) in [6.07, 6.45) is 15.1. The van der Waals surface area contributed by atoms with Crippen LogP contribution in [0.25, 0.3) is 53.6 Å². The van der Waals surface area contributed by atoms with E-state index in [1.165, 1.54) is 79.7 Å². The van der Waals surface area contributed by atoms with Crippen molar-refractivity contribution in [1.82, 2.24) is 45.2 Å². The Morgan fingerprint density at radius 3 is 1.50 bits per heavy atom. The van der Waals surface area contributed by atoms with E-state index in [1.54, 1.807) is 0 Å². The van der Waals surface area contributed by atoms with Crippen LogP contribution in [0.1, 0.15) is 212 Å². The standard InChI is InChI=1S/C62H71N9O6S.C42H47N5O4S/c1-39-44(45-20-22-54(64-57(45)60(75)77-62(2,3)4)71-35-29-42-12-8-14-46(49(42)38-71)58(73)66-61-63-50-15-6-7-17-53(50)78-61)13-9-16-52(39)76-36-10-11-40-24-30-69(31-25-40)32-26-41-27-33-70(34-28-41)43-18-19-47-51(37-43)68(5)67-56(47)48-21-23-55(72)65-59(48)74;1-27-30(12-8-15-35(27)50-25-9-10-28-19-22-43-23-20-28)31-17-18-37(45-38(31)40(49)51-42(2,3)4)47-24-21-29-11-7-13-32(33(29)26-47)39(48)46-41-44-34-14-5-6-16-36(34)52-41/h6-9,12-20,22,37,40-41,48H,10-11,21,23-36,38H2,1-5H3,(H,63,66,73)(H,65,72,74);5-8,11-18,28,43H,9-10,19-26H2,1-4H3,(H,44,46,48). The third-order valence-electron chi connectivity index (χ3n) is 26.3. The topological polar surface area (TPSA) is 270 Å². The fourth-order valence-electron chi connectivity index (χ4n) is 19.2. The number of carbonyl (C=O) groups is 6. The van der Waals surface area contributed by atoms with Crippen molar-refractivity contribution in [3.8, 4) is 33.8 Å². The molecular formula is C104H118N14O10S2. The van der Waals surface area contributed by atoms with E-state index in [9.17, 15) is 28.8 Å². The molecule has 7 aromatic carbocycles.